The summed E-state index contributed by atoms with van der Waals surface area (Å²) in [5.74, 6) is 0.0652. The van der Waals surface area contributed by atoms with Gasteiger partial charge in [-0.3, -0.25) is 14.5 Å². The van der Waals surface area contributed by atoms with Crippen LogP contribution in [0.2, 0.25) is 0 Å². The van der Waals surface area contributed by atoms with E-state index in [-0.39, 0.29) is 17.7 Å². The molecule has 15 heavy (non-hydrogen) atoms. The Morgan fingerprint density at radius 3 is 2.67 bits per heavy atom. The van der Waals surface area contributed by atoms with Crippen LogP contribution in [0.1, 0.15) is 39.5 Å². The van der Waals surface area contributed by atoms with Crippen molar-refractivity contribution in [2.75, 3.05) is 12.4 Å². The summed E-state index contributed by atoms with van der Waals surface area (Å²) in [5.41, 5.74) is -0.637. The molecule has 0 bridgehead atoms. The van der Waals surface area contributed by atoms with E-state index in [0.29, 0.717) is 13.0 Å². The topological polar surface area (TPSA) is 37.4 Å². The first kappa shape index (κ1) is 12.5. The molecule has 3 nitrogen and oxygen atoms in total. The highest BCUT2D eigenvalue weighted by Gasteiger charge is 2.34. The third kappa shape index (κ3) is 2.94. The quantitative estimate of drug-likeness (QED) is 0.684. The van der Waals surface area contributed by atoms with Crippen LogP contribution in [-0.4, -0.2) is 29.1 Å². The summed E-state index contributed by atoms with van der Waals surface area (Å²) < 4.78 is 0. The molecule has 1 saturated heterocycles. The maximum Gasteiger partial charge on any atom is 0.236 e. The van der Waals surface area contributed by atoms with E-state index in [2.05, 4.69) is 0 Å². The molecule has 1 heterocycles. The summed E-state index contributed by atoms with van der Waals surface area (Å²) in [7, 11) is 0. The van der Waals surface area contributed by atoms with Crippen molar-refractivity contribution in [3.63, 3.8) is 0 Å². The Morgan fingerprint density at radius 2 is 2.07 bits per heavy atom. The van der Waals surface area contributed by atoms with Gasteiger partial charge in [-0.05, 0) is 26.7 Å². The first-order valence-corrected chi connectivity index (χ1v) is 5.93. The number of carbonyl (C=O) groups excluding carboxylic acids is 2. The maximum atomic E-state index is 12.0. The minimum absolute atomic E-state index is 0.0457. The van der Waals surface area contributed by atoms with Crippen LogP contribution < -0.4 is 0 Å². The van der Waals surface area contributed by atoms with Crippen molar-refractivity contribution in [2.24, 2.45) is 5.41 Å². The lowest BCUT2D eigenvalue weighted by molar-refractivity contribution is -0.149. The van der Waals surface area contributed by atoms with Crippen molar-refractivity contribution in [3.05, 3.63) is 0 Å². The van der Waals surface area contributed by atoms with Crippen LogP contribution >= 0.6 is 11.6 Å². The number of hydrogen-bond acceptors (Lipinski definition) is 2. The maximum absolute atomic E-state index is 12.0. The molecule has 0 aromatic carbocycles. The standard InChI is InChI=1S/C11H18ClNO2/c1-11(2,8-12)10(15)13-7-5-3-4-6-9(13)14/h3-8H2,1-2H3. The number of hydrogen-bond donors (Lipinski definition) is 0. The Morgan fingerprint density at radius 1 is 1.40 bits per heavy atom. The van der Waals surface area contributed by atoms with Gasteiger partial charge in [-0.1, -0.05) is 6.42 Å². The van der Waals surface area contributed by atoms with E-state index in [4.69, 9.17) is 11.6 Å². The fourth-order valence-electron chi connectivity index (χ4n) is 1.62. The van der Waals surface area contributed by atoms with Crippen molar-refractivity contribution in [2.45, 2.75) is 39.5 Å². The van der Waals surface area contributed by atoms with E-state index in [9.17, 15) is 9.59 Å². The Balaban J connectivity index is 2.76. The average molecular weight is 232 g/mol. The Hall–Kier alpha value is -0.570. The number of imide groups is 1. The van der Waals surface area contributed by atoms with Crippen LogP contribution in [0, 0.1) is 5.41 Å². The van der Waals surface area contributed by atoms with Crippen molar-refractivity contribution in [3.8, 4) is 0 Å². The van der Waals surface area contributed by atoms with Gasteiger partial charge in [0.25, 0.3) is 0 Å². The predicted octanol–water partition coefficient (Wildman–Crippen LogP) is 2.18. The van der Waals surface area contributed by atoms with Crippen LogP contribution in [0.4, 0.5) is 0 Å². The van der Waals surface area contributed by atoms with Crippen LogP contribution in [-0.2, 0) is 9.59 Å². The van der Waals surface area contributed by atoms with Gasteiger partial charge < -0.3 is 0 Å². The average Bonchev–Trinajstić information content (AvgIpc) is 2.41. The molecule has 0 unspecified atom stereocenters. The molecule has 0 saturated carbocycles. The van der Waals surface area contributed by atoms with Gasteiger partial charge in [0.15, 0.2) is 0 Å². The Bertz CT molecular complexity index is 263. The van der Waals surface area contributed by atoms with Gasteiger partial charge in [0, 0.05) is 18.8 Å². The zero-order chi connectivity index (χ0) is 11.5. The van der Waals surface area contributed by atoms with E-state index in [0.717, 1.165) is 19.3 Å². The third-order valence-electron chi connectivity index (χ3n) is 2.73. The number of nitrogens with zero attached hydrogens (tertiary/aromatic N) is 1. The second-order valence-electron chi connectivity index (χ2n) is 4.68. The molecule has 1 aliphatic rings. The SMILES string of the molecule is CC(C)(CCl)C(=O)N1CCCCCC1=O. The lowest BCUT2D eigenvalue weighted by Gasteiger charge is -2.28. The van der Waals surface area contributed by atoms with Crippen molar-refractivity contribution < 1.29 is 9.59 Å². The number of halogens is 1. The summed E-state index contributed by atoms with van der Waals surface area (Å²) in [6.45, 7) is 4.11. The molecule has 0 aromatic heterocycles. The largest absolute Gasteiger partial charge is 0.282 e. The van der Waals surface area contributed by atoms with Crippen LogP contribution in [0.3, 0.4) is 0 Å². The zero-order valence-electron chi connectivity index (χ0n) is 9.38. The molecule has 0 spiro atoms. The Labute approximate surface area is 95.8 Å². The highest BCUT2D eigenvalue weighted by molar-refractivity contribution is 6.20. The molecular formula is C11H18ClNO2. The fraction of sp³-hybridized carbons (Fsp3) is 0.818. The molecule has 86 valence electrons. The molecule has 1 fully saturated rings. The minimum atomic E-state index is -0.637. The smallest absolute Gasteiger partial charge is 0.236 e. The van der Waals surface area contributed by atoms with Crippen molar-refractivity contribution in [1.29, 1.82) is 0 Å². The number of carbonyl (C=O) groups is 2. The van der Waals surface area contributed by atoms with Crippen LogP contribution in [0.25, 0.3) is 0 Å². The third-order valence-corrected chi connectivity index (χ3v) is 3.40. The molecule has 0 radical (unpaired) electrons. The summed E-state index contributed by atoms with van der Waals surface area (Å²) in [5, 5.41) is 0. The zero-order valence-corrected chi connectivity index (χ0v) is 10.1. The second kappa shape index (κ2) is 4.97. The van der Waals surface area contributed by atoms with E-state index in [1.807, 2.05) is 0 Å². The normalized spacial score (nSPS) is 18.9. The number of amides is 2. The molecule has 0 aromatic rings. The minimum Gasteiger partial charge on any atom is -0.282 e. The second-order valence-corrected chi connectivity index (χ2v) is 4.95. The van der Waals surface area contributed by atoms with Gasteiger partial charge in [0.05, 0.1) is 5.41 Å². The van der Waals surface area contributed by atoms with Gasteiger partial charge in [0.1, 0.15) is 0 Å². The van der Waals surface area contributed by atoms with Gasteiger partial charge in [-0.2, -0.15) is 0 Å². The monoisotopic (exact) mass is 231 g/mol. The van der Waals surface area contributed by atoms with E-state index in [1.54, 1.807) is 13.8 Å². The highest BCUT2D eigenvalue weighted by Crippen LogP contribution is 2.23. The number of rotatable bonds is 2. The first-order chi connectivity index (χ1) is 6.99. The van der Waals surface area contributed by atoms with Crippen molar-refractivity contribution >= 4 is 23.4 Å². The molecule has 2 amide bonds. The molecule has 0 aliphatic carbocycles. The van der Waals surface area contributed by atoms with E-state index in [1.165, 1.54) is 4.90 Å². The predicted molar refractivity (Wildman–Crippen MR) is 59.7 cm³/mol. The lowest BCUT2D eigenvalue weighted by Crippen LogP contribution is -2.45. The number of likely N-dealkylation sites (tertiary alicyclic amines) is 1. The van der Waals surface area contributed by atoms with E-state index < -0.39 is 5.41 Å². The van der Waals surface area contributed by atoms with E-state index >= 15 is 0 Å². The van der Waals surface area contributed by atoms with Gasteiger partial charge in [-0.15, -0.1) is 11.6 Å². The summed E-state index contributed by atoms with van der Waals surface area (Å²) in [4.78, 5) is 25.1. The lowest BCUT2D eigenvalue weighted by atomic mass is 9.94. The molecule has 1 aliphatic heterocycles. The molecule has 0 N–H and O–H groups in total. The molecular weight excluding hydrogens is 214 g/mol. The summed E-state index contributed by atoms with van der Waals surface area (Å²) >= 11 is 5.74. The summed E-state index contributed by atoms with van der Waals surface area (Å²) in [6, 6.07) is 0. The van der Waals surface area contributed by atoms with Crippen LogP contribution in [0.5, 0.6) is 0 Å². The Kier molecular flexibility index (Phi) is 4.14. The van der Waals surface area contributed by atoms with Gasteiger partial charge >= 0.3 is 0 Å². The van der Waals surface area contributed by atoms with Crippen molar-refractivity contribution in [1.82, 2.24) is 4.90 Å². The van der Waals surface area contributed by atoms with Crippen LogP contribution in [0.15, 0.2) is 0 Å². The van der Waals surface area contributed by atoms with Gasteiger partial charge in [0.2, 0.25) is 11.8 Å². The van der Waals surface area contributed by atoms with Gasteiger partial charge in [-0.25, -0.2) is 0 Å². The number of alkyl halides is 1. The first-order valence-electron chi connectivity index (χ1n) is 5.40. The summed E-state index contributed by atoms with van der Waals surface area (Å²) in [6.07, 6.45) is 3.32. The fourth-order valence-corrected chi connectivity index (χ4v) is 1.73. The molecule has 4 heteroatoms. The molecule has 1 rings (SSSR count). The highest BCUT2D eigenvalue weighted by atomic mass is 35.5. The molecule has 0 atom stereocenters.